The van der Waals surface area contributed by atoms with Crippen LogP contribution in [-0.4, -0.2) is 20.2 Å². The molecule has 7 nitrogen and oxygen atoms in total. The summed E-state index contributed by atoms with van der Waals surface area (Å²) in [5.41, 5.74) is 12.9. The van der Waals surface area contributed by atoms with E-state index < -0.39 is 19.9 Å². The van der Waals surface area contributed by atoms with Crippen molar-refractivity contribution in [2.45, 2.75) is 11.8 Å². The molecule has 2 rings (SSSR count). The lowest BCUT2D eigenvalue weighted by Gasteiger charge is -2.08. The van der Waals surface area contributed by atoms with E-state index in [-0.39, 0.29) is 21.4 Å². The fourth-order valence-corrected chi connectivity index (χ4v) is 3.81. The van der Waals surface area contributed by atoms with Gasteiger partial charge in [-0.05, 0) is 30.7 Å². The van der Waals surface area contributed by atoms with Crippen LogP contribution in [-0.2, 0) is 13.9 Å². The van der Waals surface area contributed by atoms with Gasteiger partial charge in [0.25, 0.3) is 9.05 Å². The molecule has 0 fully saturated rings. The molecule has 138 valence electrons. The van der Waals surface area contributed by atoms with Crippen LogP contribution >= 0.6 is 33.9 Å². The number of oxime groups is 1. The van der Waals surface area contributed by atoms with E-state index >= 15 is 0 Å². The van der Waals surface area contributed by atoms with Crippen molar-refractivity contribution in [2.75, 3.05) is 5.73 Å². The molecule has 0 spiro atoms. The Labute approximate surface area is 163 Å². The predicted molar refractivity (Wildman–Crippen MR) is 101 cm³/mol. The SMILES string of the molecule is Cc1c(N)cccc1/C(N)=N/OC(=O)c1cc(S(=O)(=O)Cl)c(Cl)cc1Cl. The molecular formula is C15H12Cl3N3O4S. The number of anilines is 1. The van der Waals surface area contributed by atoms with Gasteiger partial charge in [0.05, 0.1) is 15.6 Å². The van der Waals surface area contributed by atoms with E-state index in [1.807, 2.05) is 0 Å². The molecular weight excluding hydrogens is 425 g/mol. The van der Waals surface area contributed by atoms with E-state index in [9.17, 15) is 13.2 Å². The Hall–Kier alpha value is -2.00. The maximum atomic E-state index is 12.2. The zero-order chi connectivity index (χ0) is 19.6. The Bertz CT molecular complexity index is 1020. The summed E-state index contributed by atoms with van der Waals surface area (Å²) in [5.74, 6) is -1.14. The van der Waals surface area contributed by atoms with Crippen molar-refractivity contribution < 1.29 is 18.0 Å². The molecule has 0 bridgehead atoms. The van der Waals surface area contributed by atoms with Gasteiger partial charge < -0.3 is 16.3 Å². The van der Waals surface area contributed by atoms with Crippen molar-refractivity contribution >= 4 is 60.4 Å². The fourth-order valence-electron chi connectivity index (χ4n) is 1.99. The van der Waals surface area contributed by atoms with Gasteiger partial charge in [0.15, 0.2) is 5.84 Å². The molecule has 0 unspecified atom stereocenters. The summed E-state index contributed by atoms with van der Waals surface area (Å²) >= 11 is 11.7. The van der Waals surface area contributed by atoms with Crippen LogP contribution in [0, 0.1) is 6.92 Å². The second kappa shape index (κ2) is 7.71. The van der Waals surface area contributed by atoms with Gasteiger partial charge in [-0.2, -0.15) is 0 Å². The lowest BCUT2D eigenvalue weighted by Crippen LogP contribution is -2.17. The highest BCUT2D eigenvalue weighted by molar-refractivity contribution is 8.13. The second-order valence-electron chi connectivity index (χ2n) is 5.08. The number of amidine groups is 1. The summed E-state index contributed by atoms with van der Waals surface area (Å²) in [6.45, 7) is 1.72. The first-order chi connectivity index (χ1) is 12.0. The third-order valence-electron chi connectivity index (χ3n) is 3.38. The summed E-state index contributed by atoms with van der Waals surface area (Å²) in [7, 11) is 1.07. The standard InChI is InChI=1S/C15H12Cl3N3O4S/c1-7-8(3-2-4-12(7)19)14(20)21-25-15(22)9-5-13(26(18,23)24)11(17)6-10(9)16/h2-6H,19H2,1H3,(H2,20,21). The highest BCUT2D eigenvalue weighted by atomic mass is 35.7. The minimum absolute atomic E-state index is 0.0987. The minimum Gasteiger partial charge on any atom is -0.398 e. The first kappa shape index (κ1) is 20.3. The van der Waals surface area contributed by atoms with Crippen molar-refractivity contribution in [1.29, 1.82) is 0 Å². The third-order valence-corrected chi connectivity index (χ3v) is 5.48. The number of rotatable bonds is 4. The number of carbonyl (C=O) groups excluding carboxylic acids is 1. The van der Waals surface area contributed by atoms with E-state index in [2.05, 4.69) is 5.16 Å². The highest BCUT2D eigenvalue weighted by Gasteiger charge is 2.22. The number of hydrogen-bond donors (Lipinski definition) is 2. The Morgan fingerprint density at radius 3 is 2.42 bits per heavy atom. The quantitative estimate of drug-likeness (QED) is 0.189. The Kier molecular flexibility index (Phi) is 6.02. The topological polar surface area (TPSA) is 125 Å². The molecule has 4 N–H and O–H groups in total. The Morgan fingerprint density at radius 2 is 1.81 bits per heavy atom. The molecule has 0 aliphatic rings. The number of benzene rings is 2. The summed E-state index contributed by atoms with van der Waals surface area (Å²) in [4.78, 5) is 16.4. The zero-order valence-electron chi connectivity index (χ0n) is 13.2. The van der Waals surface area contributed by atoms with Gasteiger partial charge >= 0.3 is 5.97 Å². The number of halogens is 3. The van der Waals surface area contributed by atoms with E-state index in [1.165, 1.54) is 0 Å². The van der Waals surface area contributed by atoms with Crippen LogP contribution in [0.25, 0.3) is 0 Å². The van der Waals surface area contributed by atoms with Crippen LogP contribution in [0.1, 0.15) is 21.5 Å². The molecule has 0 saturated heterocycles. The smallest absolute Gasteiger partial charge is 0.367 e. The fraction of sp³-hybridized carbons (Fsp3) is 0.0667. The van der Waals surface area contributed by atoms with Gasteiger partial charge in [0.1, 0.15) is 4.90 Å². The third kappa shape index (κ3) is 4.39. The molecule has 0 atom stereocenters. The number of carbonyl (C=O) groups is 1. The van der Waals surface area contributed by atoms with Crippen LogP contribution in [0.2, 0.25) is 10.0 Å². The molecule has 0 aliphatic heterocycles. The van der Waals surface area contributed by atoms with Crippen molar-refractivity contribution in [2.24, 2.45) is 10.9 Å². The van der Waals surface area contributed by atoms with Crippen molar-refractivity contribution in [1.82, 2.24) is 0 Å². The first-order valence-corrected chi connectivity index (χ1v) is 9.93. The number of nitrogens with two attached hydrogens (primary N) is 2. The minimum atomic E-state index is -4.19. The van der Waals surface area contributed by atoms with Crippen LogP contribution in [0.4, 0.5) is 5.69 Å². The average Bonchev–Trinajstić information content (AvgIpc) is 2.53. The lowest BCUT2D eigenvalue weighted by molar-refractivity contribution is 0.0516. The van der Waals surface area contributed by atoms with Gasteiger partial charge in [0.2, 0.25) is 0 Å². The van der Waals surface area contributed by atoms with Gasteiger partial charge in [-0.1, -0.05) is 40.5 Å². The maximum Gasteiger partial charge on any atom is 0.367 e. The van der Waals surface area contributed by atoms with E-state index in [0.29, 0.717) is 16.8 Å². The molecule has 2 aromatic carbocycles. The van der Waals surface area contributed by atoms with Crippen LogP contribution in [0.15, 0.2) is 40.4 Å². The van der Waals surface area contributed by atoms with Crippen LogP contribution in [0.3, 0.4) is 0 Å². The zero-order valence-corrected chi connectivity index (χ0v) is 16.2. The molecule has 0 radical (unpaired) electrons. The molecule has 0 aromatic heterocycles. The molecule has 0 saturated carbocycles. The van der Waals surface area contributed by atoms with Gasteiger partial charge in [-0.3, -0.25) is 0 Å². The van der Waals surface area contributed by atoms with Crippen molar-refractivity contribution in [3.8, 4) is 0 Å². The highest BCUT2D eigenvalue weighted by Crippen LogP contribution is 2.31. The summed E-state index contributed by atoms with van der Waals surface area (Å²) in [6.07, 6.45) is 0. The first-order valence-electron chi connectivity index (χ1n) is 6.86. The van der Waals surface area contributed by atoms with E-state index in [4.69, 9.17) is 50.2 Å². The van der Waals surface area contributed by atoms with Gasteiger partial charge in [-0.25, -0.2) is 13.2 Å². The predicted octanol–water partition coefficient (Wildman–Crippen LogP) is 3.29. The monoisotopic (exact) mass is 435 g/mol. The van der Waals surface area contributed by atoms with Crippen LogP contribution in [0.5, 0.6) is 0 Å². The number of hydrogen-bond acceptors (Lipinski definition) is 6. The van der Waals surface area contributed by atoms with Gasteiger partial charge in [-0.15, -0.1) is 0 Å². The summed E-state index contributed by atoms with van der Waals surface area (Å²) in [5, 5.41) is 3.17. The van der Waals surface area contributed by atoms with E-state index in [0.717, 1.165) is 12.1 Å². The molecule has 0 amide bonds. The summed E-state index contributed by atoms with van der Waals surface area (Å²) in [6, 6.07) is 6.94. The van der Waals surface area contributed by atoms with Gasteiger partial charge in [0, 0.05) is 21.9 Å². The maximum absolute atomic E-state index is 12.2. The molecule has 0 aliphatic carbocycles. The van der Waals surface area contributed by atoms with Crippen LogP contribution < -0.4 is 11.5 Å². The Balaban J connectivity index is 2.35. The largest absolute Gasteiger partial charge is 0.398 e. The summed E-state index contributed by atoms with van der Waals surface area (Å²) < 4.78 is 23.0. The normalized spacial score (nSPS) is 12.1. The number of nitrogens with zero attached hydrogens (tertiary/aromatic N) is 1. The van der Waals surface area contributed by atoms with Crippen molar-refractivity contribution in [3.05, 3.63) is 57.1 Å². The average molecular weight is 437 g/mol. The molecule has 11 heteroatoms. The Morgan fingerprint density at radius 1 is 1.15 bits per heavy atom. The van der Waals surface area contributed by atoms with Crippen molar-refractivity contribution in [3.63, 3.8) is 0 Å². The molecule has 0 heterocycles. The second-order valence-corrected chi connectivity index (χ2v) is 8.42. The molecule has 26 heavy (non-hydrogen) atoms. The number of nitrogen functional groups attached to an aromatic ring is 1. The lowest BCUT2D eigenvalue weighted by atomic mass is 10.1. The van der Waals surface area contributed by atoms with E-state index in [1.54, 1.807) is 25.1 Å². The molecule has 2 aromatic rings.